The summed E-state index contributed by atoms with van der Waals surface area (Å²) in [5, 5.41) is -0.234. The van der Waals surface area contributed by atoms with E-state index in [-0.39, 0.29) is 10.8 Å². The molecule has 0 aliphatic carbocycles. The van der Waals surface area contributed by atoms with Gasteiger partial charge in [-0.25, -0.2) is 4.98 Å². The summed E-state index contributed by atoms with van der Waals surface area (Å²) >= 11 is 0. The molecule has 0 aliphatic heterocycles. The first-order chi connectivity index (χ1) is 10.0. The highest BCUT2D eigenvalue weighted by Gasteiger charge is 2.19. The van der Waals surface area contributed by atoms with Crippen molar-refractivity contribution in [3.05, 3.63) is 42.4 Å². The molecular weight excluding hydrogens is 292 g/mol. The van der Waals surface area contributed by atoms with Gasteiger partial charge in [-0.05, 0) is 31.0 Å². The molecule has 1 aromatic heterocycles. The van der Waals surface area contributed by atoms with E-state index in [1.54, 1.807) is 6.07 Å². The maximum absolute atomic E-state index is 12.1. The Morgan fingerprint density at radius 1 is 1.14 bits per heavy atom. The summed E-state index contributed by atoms with van der Waals surface area (Å²) in [7, 11) is -4.00. The van der Waals surface area contributed by atoms with Crippen molar-refractivity contribution >= 4 is 10.1 Å². The zero-order chi connectivity index (χ0) is 15.3. The summed E-state index contributed by atoms with van der Waals surface area (Å²) in [4.78, 5) is 7.46. The number of ether oxygens (including phenoxy) is 1. The van der Waals surface area contributed by atoms with Gasteiger partial charge in [0.2, 0.25) is 5.03 Å². The van der Waals surface area contributed by atoms with Crippen molar-refractivity contribution in [1.82, 2.24) is 9.97 Å². The Morgan fingerprint density at radius 2 is 1.90 bits per heavy atom. The SMILES string of the molecule is CCCOc1cc(C)cc(OS(=O)(=O)c2cnccn2)c1. The minimum absolute atomic E-state index is 0.187. The summed E-state index contributed by atoms with van der Waals surface area (Å²) in [6, 6.07) is 4.97. The number of benzene rings is 1. The average molecular weight is 308 g/mol. The maximum Gasteiger partial charge on any atom is 0.358 e. The molecule has 0 saturated heterocycles. The second kappa shape index (κ2) is 6.53. The highest BCUT2D eigenvalue weighted by Crippen LogP contribution is 2.25. The zero-order valence-corrected chi connectivity index (χ0v) is 12.6. The third kappa shape index (κ3) is 4.16. The largest absolute Gasteiger partial charge is 0.493 e. The summed E-state index contributed by atoms with van der Waals surface area (Å²) in [6.07, 6.45) is 4.69. The van der Waals surface area contributed by atoms with Crippen LogP contribution in [0.1, 0.15) is 18.9 Å². The van der Waals surface area contributed by atoms with Gasteiger partial charge in [-0.2, -0.15) is 8.42 Å². The minimum atomic E-state index is -4.00. The van der Waals surface area contributed by atoms with Crippen LogP contribution in [0.5, 0.6) is 11.5 Å². The molecular formula is C14H16N2O4S. The lowest BCUT2D eigenvalue weighted by Crippen LogP contribution is -2.12. The molecule has 2 rings (SSSR count). The molecule has 0 atom stereocenters. The second-order valence-electron chi connectivity index (χ2n) is 4.41. The lowest BCUT2D eigenvalue weighted by atomic mass is 10.2. The van der Waals surface area contributed by atoms with Crippen molar-refractivity contribution in [2.45, 2.75) is 25.3 Å². The van der Waals surface area contributed by atoms with Gasteiger partial charge in [0.15, 0.2) is 0 Å². The highest BCUT2D eigenvalue weighted by molar-refractivity contribution is 7.87. The zero-order valence-electron chi connectivity index (χ0n) is 11.8. The van der Waals surface area contributed by atoms with E-state index in [9.17, 15) is 8.42 Å². The Hall–Kier alpha value is -2.15. The summed E-state index contributed by atoms with van der Waals surface area (Å²) in [5.41, 5.74) is 0.841. The van der Waals surface area contributed by atoms with E-state index in [1.807, 2.05) is 19.9 Å². The van der Waals surface area contributed by atoms with Gasteiger partial charge in [-0.3, -0.25) is 4.98 Å². The van der Waals surface area contributed by atoms with Crippen LogP contribution in [0.25, 0.3) is 0 Å². The van der Waals surface area contributed by atoms with Crippen LogP contribution in [0.4, 0.5) is 0 Å². The second-order valence-corrected chi connectivity index (χ2v) is 5.90. The maximum atomic E-state index is 12.1. The van der Waals surface area contributed by atoms with Crippen LogP contribution < -0.4 is 8.92 Å². The Morgan fingerprint density at radius 3 is 2.57 bits per heavy atom. The monoisotopic (exact) mass is 308 g/mol. The van der Waals surface area contributed by atoms with E-state index in [0.29, 0.717) is 12.4 Å². The molecule has 0 saturated carbocycles. The van der Waals surface area contributed by atoms with Gasteiger partial charge in [-0.1, -0.05) is 6.92 Å². The molecule has 6 nitrogen and oxygen atoms in total. The number of hydrogen-bond donors (Lipinski definition) is 0. The van der Waals surface area contributed by atoms with Gasteiger partial charge in [-0.15, -0.1) is 0 Å². The standard InChI is InChI=1S/C14H16N2O4S/c1-3-6-19-12-7-11(2)8-13(9-12)20-21(17,18)14-10-15-4-5-16-14/h4-5,7-10H,3,6H2,1-2H3. The fourth-order valence-electron chi connectivity index (χ4n) is 1.65. The predicted octanol–water partition coefficient (Wildman–Crippen LogP) is 2.34. The van der Waals surface area contributed by atoms with Gasteiger partial charge in [0.25, 0.3) is 0 Å². The van der Waals surface area contributed by atoms with E-state index in [4.69, 9.17) is 8.92 Å². The number of hydrogen-bond acceptors (Lipinski definition) is 6. The molecule has 0 unspecified atom stereocenters. The number of nitrogens with zero attached hydrogens (tertiary/aromatic N) is 2. The van der Waals surface area contributed by atoms with Crippen molar-refractivity contribution < 1.29 is 17.3 Å². The third-order valence-electron chi connectivity index (χ3n) is 2.50. The van der Waals surface area contributed by atoms with Gasteiger partial charge >= 0.3 is 10.1 Å². The van der Waals surface area contributed by atoms with Crippen molar-refractivity contribution in [2.75, 3.05) is 6.61 Å². The third-order valence-corrected chi connectivity index (χ3v) is 3.63. The lowest BCUT2D eigenvalue weighted by molar-refractivity contribution is 0.316. The normalized spacial score (nSPS) is 11.1. The van der Waals surface area contributed by atoms with Crippen LogP contribution in [0.2, 0.25) is 0 Å². The van der Waals surface area contributed by atoms with Crippen molar-refractivity contribution in [1.29, 1.82) is 0 Å². The number of aromatic nitrogens is 2. The topological polar surface area (TPSA) is 78.4 Å². The molecule has 1 aromatic carbocycles. The van der Waals surface area contributed by atoms with Crippen LogP contribution in [-0.4, -0.2) is 25.0 Å². The first kappa shape index (κ1) is 15.2. The van der Waals surface area contributed by atoms with Gasteiger partial charge < -0.3 is 8.92 Å². The van der Waals surface area contributed by atoms with E-state index in [2.05, 4.69) is 9.97 Å². The van der Waals surface area contributed by atoms with E-state index >= 15 is 0 Å². The minimum Gasteiger partial charge on any atom is -0.493 e. The summed E-state index contributed by atoms with van der Waals surface area (Å²) in [5.74, 6) is 0.757. The van der Waals surface area contributed by atoms with E-state index < -0.39 is 10.1 Å². The van der Waals surface area contributed by atoms with Crippen molar-refractivity contribution in [3.8, 4) is 11.5 Å². The lowest BCUT2D eigenvalue weighted by Gasteiger charge is -2.10. The smallest absolute Gasteiger partial charge is 0.358 e. The fourth-order valence-corrected chi connectivity index (χ4v) is 2.46. The van der Waals surface area contributed by atoms with Crippen LogP contribution >= 0.6 is 0 Å². The predicted molar refractivity (Wildman–Crippen MR) is 76.8 cm³/mol. The van der Waals surface area contributed by atoms with Gasteiger partial charge in [0.05, 0.1) is 12.8 Å². The Labute approximate surface area is 123 Å². The Kier molecular flexibility index (Phi) is 4.74. The molecule has 0 amide bonds. The molecule has 21 heavy (non-hydrogen) atoms. The molecule has 0 fully saturated rings. The first-order valence-corrected chi connectivity index (χ1v) is 7.87. The molecule has 0 spiro atoms. The summed E-state index contributed by atoms with van der Waals surface area (Å²) < 4.78 is 34.7. The summed E-state index contributed by atoms with van der Waals surface area (Å²) in [6.45, 7) is 4.38. The van der Waals surface area contributed by atoms with E-state index in [1.165, 1.54) is 18.5 Å². The molecule has 0 N–H and O–H groups in total. The molecule has 0 aliphatic rings. The van der Waals surface area contributed by atoms with Gasteiger partial charge in [0, 0.05) is 18.5 Å². The highest BCUT2D eigenvalue weighted by atomic mass is 32.2. The van der Waals surface area contributed by atoms with Crippen LogP contribution in [0.15, 0.2) is 41.8 Å². The fraction of sp³-hybridized carbons (Fsp3) is 0.286. The van der Waals surface area contributed by atoms with Crippen molar-refractivity contribution in [3.63, 3.8) is 0 Å². The molecule has 0 radical (unpaired) electrons. The van der Waals surface area contributed by atoms with Crippen molar-refractivity contribution in [2.24, 2.45) is 0 Å². The van der Waals surface area contributed by atoms with Crippen LogP contribution in [-0.2, 0) is 10.1 Å². The van der Waals surface area contributed by atoms with Crippen LogP contribution in [0, 0.1) is 6.92 Å². The molecule has 2 aromatic rings. The van der Waals surface area contributed by atoms with Gasteiger partial charge in [0.1, 0.15) is 11.5 Å². The quantitative estimate of drug-likeness (QED) is 0.762. The first-order valence-electron chi connectivity index (χ1n) is 6.46. The Balaban J connectivity index is 2.25. The molecule has 0 bridgehead atoms. The number of rotatable bonds is 6. The van der Waals surface area contributed by atoms with Crippen LogP contribution in [0.3, 0.4) is 0 Å². The average Bonchev–Trinajstić information content (AvgIpc) is 2.45. The molecule has 112 valence electrons. The molecule has 7 heteroatoms. The Bertz CT molecular complexity index is 702. The van der Waals surface area contributed by atoms with E-state index in [0.717, 1.165) is 18.2 Å². The number of aryl methyl sites for hydroxylation is 1. The molecule has 1 heterocycles.